The Hall–Kier alpha value is -2.24. The van der Waals surface area contributed by atoms with E-state index in [9.17, 15) is 4.79 Å². The molecule has 3 rings (SSSR count). The molecule has 1 heterocycles. The van der Waals surface area contributed by atoms with Gasteiger partial charge in [0.15, 0.2) is 5.13 Å². The Morgan fingerprint density at radius 3 is 2.56 bits per heavy atom. The largest absolute Gasteiger partial charge is 0.338 e. The van der Waals surface area contributed by atoms with Gasteiger partial charge in [0.1, 0.15) is 0 Å². The molecule has 0 atom stereocenters. The molecule has 0 aliphatic rings. The van der Waals surface area contributed by atoms with E-state index in [1.807, 2.05) is 41.3 Å². The maximum absolute atomic E-state index is 13.0. The second-order valence-electron chi connectivity index (χ2n) is 6.58. The Balaban J connectivity index is 1.89. The molecule has 130 valence electrons. The van der Waals surface area contributed by atoms with Crippen LogP contribution in [0.1, 0.15) is 11.1 Å². The number of aromatic nitrogens is 1. The average Bonchev–Trinajstić information content (AvgIpc) is 3.01. The van der Waals surface area contributed by atoms with Crippen LogP contribution in [0.5, 0.6) is 0 Å². The summed E-state index contributed by atoms with van der Waals surface area (Å²) < 4.78 is 1.13. The van der Waals surface area contributed by atoms with Crippen molar-refractivity contribution in [1.82, 2.24) is 4.98 Å². The Bertz CT molecular complexity index is 858. The molecule has 4 nitrogen and oxygen atoms in total. The number of nitrogens with zero attached hydrogens (tertiary/aromatic N) is 2. The van der Waals surface area contributed by atoms with Gasteiger partial charge < -0.3 is 4.90 Å². The Labute approximate surface area is 152 Å². The van der Waals surface area contributed by atoms with Crippen LogP contribution >= 0.6 is 11.3 Å². The Morgan fingerprint density at radius 1 is 1.12 bits per heavy atom. The van der Waals surface area contributed by atoms with Gasteiger partial charge in [0.2, 0.25) is 5.91 Å². The normalized spacial score (nSPS) is 11.2. The zero-order chi connectivity index (χ0) is 17.8. The number of likely N-dealkylation sites (N-methyl/N-ethyl adjacent to an activating group) is 1. The standard InChI is InChI=1S/C20H23N3OS/c1-15-8-7-11-17-19(15)21-20(25-17)23(13-12-22(2)3)18(24)14-16-9-5-4-6-10-16/h4-11H,12-14H2,1-3H3/p+1. The maximum atomic E-state index is 13.0. The van der Waals surface area contributed by atoms with Crippen molar-refractivity contribution in [2.24, 2.45) is 0 Å². The summed E-state index contributed by atoms with van der Waals surface area (Å²) in [7, 11) is 4.20. The summed E-state index contributed by atoms with van der Waals surface area (Å²) in [6.45, 7) is 3.62. The number of thiazole rings is 1. The summed E-state index contributed by atoms with van der Waals surface area (Å²) in [6.07, 6.45) is 0.401. The molecule has 0 aliphatic carbocycles. The van der Waals surface area contributed by atoms with Crippen LogP contribution in [-0.2, 0) is 11.2 Å². The van der Waals surface area contributed by atoms with Crippen LogP contribution in [-0.4, -0.2) is 38.1 Å². The minimum Gasteiger partial charge on any atom is -0.338 e. The number of hydrogen-bond donors (Lipinski definition) is 1. The van der Waals surface area contributed by atoms with E-state index in [2.05, 4.69) is 33.2 Å². The van der Waals surface area contributed by atoms with Crippen LogP contribution in [0.15, 0.2) is 48.5 Å². The van der Waals surface area contributed by atoms with Gasteiger partial charge in [-0.25, -0.2) is 4.98 Å². The van der Waals surface area contributed by atoms with Crippen molar-refractivity contribution >= 4 is 32.6 Å². The van der Waals surface area contributed by atoms with Crippen LogP contribution in [0.25, 0.3) is 10.2 Å². The van der Waals surface area contributed by atoms with Gasteiger partial charge in [-0.3, -0.25) is 9.69 Å². The van der Waals surface area contributed by atoms with Crippen molar-refractivity contribution < 1.29 is 9.69 Å². The number of anilines is 1. The minimum absolute atomic E-state index is 0.101. The number of nitrogens with one attached hydrogen (secondary N) is 1. The number of rotatable bonds is 6. The van der Waals surface area contributed by atoms with Gasteiger partial charge >= 0.3 is 0 Å². The van der Waals surface area contributed by atoms with E-state index in [1.54, 1.807) is 11.3 Å². The third-order valence-electron chi connectivity index (χ3n) is 4.17. The molecule has 1 N–H and O–H groups in total. The lowest BCUT2D eigenvalue weighted by Gasteiger charge is -2.20. The fourth-order valence-electron chi connectivity index (χ4n) is 2.72. The van der Waals surface area contributed by atoms with Crippen LogP contribution in [0.3, 0.4) is 0 Å². The summed E-state index contributed by atoms with van der Waals surface area (Å²) in [5.74, 6) is 0.101. The first-order valence-electron chi connectivity index (χ1n) is 8.54. The first-order chi connectivity index (χ1) is 12.0. The zero-order valence-electron chi connectivity index (χ0n) is 15.0. The number of fused-ring (bicyclic) bond motifs is 1. The van der Waals surface area contributed by atoms with E-state index < -0.39 is 0 Å². The van der Waals surface area contributed by atoms with Crippen LogP contribution in [0.4, 0.5) is 5.13 Å². The monoisotopic (exact) mass is 354 g/mol. The lowest BCUT2D eigenvalue weighted by molar-refractivity contribution is -0.856. The molecular weight excluding hydrogens is 330 g/mol. The van der Waals surface area contributed by atoms with E-state index in [0.29, 0.717) is 13.0 Å². The summed E-state index contributed by atoms with van der Waals surface area (Å²) in [4.78, 5) is 20.9. The van der Waals surface area contributed by atoms with Gasteiger partial charge in [0, 0.05) is 0 Å². The van der Waals surface area contributed by atoms with Crippen LogP contribution < -0.4 is 9.80 Å². The Kier molecular flexibility index (Phi) is 5.46. The molecule has 0 bridgehead atoms. The van der Waals surface area contributed by atoms with Crippen molar-refractivity contribution in [3.63, 3.8) is 0 Å². The van der Waals surface area contributed by atoms with E-state index in [1.165, 1.54) is 4.90 Å². The highest BCUT2D eigenvalue weighted by molar-refractivity contribution is 7.22. The van der Waals surface area contributed by atoms with Crippen molar-refractivity contribution in [2.45, 2.75) is 13.3 Å². The minimum atomic E-state index is 0.101. The SMILES string of the molecule is Cc1cccc2sc(N(CC[NH+](C)C)C(=O)Cc3ccccc3)nc12. The van der Waals surface area contributed by atoms with Crippen LogP contribution in [0, 0.1) is 6.92 Å². The molecule has 5 heteroatoms. The summed E-state index contributed by atoms with van der Waals surface area (Å²) in [5.41, 5.74) is 3.18. The number of aryl methyl sites for hydroxylation is 1. The number of para-hydroxylation sites is 1. The van der Waals surface area contributed by atoms with Crippen molar-refractivity contribution in [3.8, 4) is 0 Å². The maximum Gasteiger partial charge on any atom is 0.233 e. The highest BCUT2D eigenvalue weighted by Gasteiger charge is 2.21. The molecule has 1 amide bonds. The van der Waals surface area contributed by atoms with E-state index in [-0.39, 0.29) is 5.91 Å². The first-order valence-corrected chi connectivity index (χ1v) is 9.35. The smallest absolute Gasteiger partial charge is 0.233 e. The number of carbonyl (C=O) groups excluding carboxylic acids is 1. The summed E-state index contributed by atoms with van der Waals surface area (Å²) in [6, 6.07) is 16.1. The number of amides is 1. The molecule has 2 aromatic carbocycles. The molecule has 25 heavy (non-hydrogen) atoms. The van der Waals surface area contributed by atoms with Crippen molar-refractivity contribution in [1.29, 1.82) is 0 Å². The number of benzene rings is 2. The van der Waals surface area contributed by atoms with Gasteiger partial charge in [-0.2, -0.15) is 0 Å². The third-order valence-corrected chi connectivity index (χ3v) is 5.22. The van der Waals surface area contributed by atoms with Crippen molar-refractivity contribution in [2.75, 3.05) is 32.1 Å². The fourth-order valence-corrected chi connectivity index (χ4v) is 3.81. The van der Waals surface area contributed by atoms with E-state index >= 15 is 0 Å². The highest BCUT2D eigenvalue weighted by atomic mass is 32.1. The predicted molar refractivity (Wildman–Crippen MR) is 105 cm³/mol. The number of hydrogen-bond acceptors (Lipinski definition) is 3. The third kappa shape index (κ3) is 4.24. The highest BCUT2D eigenvalue weighted by Crippen LogP contribution is 2.30. The predicted octanol–water partition coefficient (Wildman–Crippen LogP) is 2.32. The molecule has 0 saturated carbocycles. The second kappa shape index (κ2) is 7.76. The first kappa shape index (κ1) is 17.6. The van der Waals surface area contributed by atoms with Crippen LogP contribution in [0.2, 0.25) is 0 Å². The quantitative estimate of drug-likeness (QED) is 0.738. The van der Waals surface area contributed by atoms with Crippen molar-refractivity contribution in [3.05, 3.63) is 59.7 Å². The molecule has 3 aromatic rings. The lowest BCUT2D eigenvalue weighted by Crippen LogP contribution is -3.06. The van der Waals surface area contributed by atoms with E-state index in [4.69, 9.17) is 4.98 Å². The molecule has 0 spiro atoms. The van der Waals surface area contributed by atoms with E-state index in [0.717, 1.165) is 33.0 Å². The molecule has 0 aliphatic heterocycles. The Morgan fingerprint density at radius 2 is 1.88 bits per heavy atom. The van der Waals surface area contributed by atoms with Gasteiger partial charge in [-0.05, 0) is 24.1 Å². The molecule has 0 radical (unpaired) electrons. The van der Waals surface area contributed by atoms with Gasteiger partial charge in [-0.1, -0.05) is 53.8 Å². The molecular formula is C20H24N3OS+. The summed E-state index contributed by atoms with van der Waals surface area (Å²) in [5, 5.41) is 0.798. The average molecular weight is 354 g/mol. The van der Waals surface area contributed by atoms with Gasteiger partial charge in [0.25, 0.3) is 0 Å². The fraction of sp³-hybridized carbons (Fsp3) is 0.300. The molecule has 0 fully saturated rings. The molecule has 0 saturated heterocycles. The second-order valence-corrected chi connectivity index (χ2v) is 7.59. The topological polar surface area (TPSA) is 37.6 Å². The summed E-state index contributed by atoms with van der Waals surface area (Å²) >= 11 is 1.59. The zero-order valence-corrected chi connectivity index (χ0v) is 15.8. The number of carbonyl (C=O) groups is 1. The number of quaternary nitrogens is 1. The molecule has 0 unspecified atom stereocenters. The molecule has 1 aromatic heterocycles. The lowest BCUT2D eigenvalue weighted by atomic mass is 10.1. The van der Waals surface area contributed by atoms with Gasteiger partial charge in [-0.15, -0.1) is 0 Å². The van der Waals surface area contributed by atoms with Gasteiger partial charge in [0.05, 0.1) is 43.8 Å².